The van der Waals surface area contributed by atoms with Gasteiger partial charge in [0.1, 0.15) is 0 Å². The Kier molecular flexibility index (Phi) is 1.07. The van der Waals surface area contributed by atoms with E-state index in [0.717, 1.165) is 5.69 Å². The van der Waals surface area contributed by atoms with E-state index in [1.54, 1.807) is 6.07 Å². The van der Waals surface area contributed by atoms with Gasteiger partial charge in [-0.2, -0.15) is 0 Å². The Morgan fingerprint density at radius 3 is 2.86 bits per heavy atom. The third-order valence-corrected chi connectivity index (χ3v) is 0.641. The van der Waals surface area contributed by atoms with Crippen LogP contribution in [0.5, 0.6) is 0 Å². The smallest absolute Gasteiger partial charge is 0.0975 e. The quantitative estimate of drug-likeness (QED) is 0.459. The lowest BCUT2D eigenvalue weighted by atomic mass is 10.4. The van der Waals surface area contributed by atoms with Gasteiger partial charge in [0.05, 0.1) is 6.20 Å². The van der Waals surface area contributed by atoms with Gasteiger partial charge in [-0.1, -0.05) is 0 Å². The fourth-order valence-corrected chi connectivity index (χ4v) is 0.321. The molecular weight excluding hydrogens is 86.1 g/mol. The van der Waals surface area contributed by atoms with E-state index >= 15 is 0 Å². The van der Waals surface area contributed by atoms with Crippen molar-refractivity contribution in [1.82, 2.24) is 4.98 Å². The highest BCUT2D eigenvalue weighted by molar-refractivity contribution is 4.95. The highest BCUT2D eigenvalue weighted by Gasteiger charge is 1.75. The van der Waals surface area contributed by atoms with Crippen LogP contribution in [0, 0.1) is 25.3 Å². The van der Waals surface area contributed by atoms with Crippen LogP contribution in [0.1, 0.15) is 5.69 Å². The lowest BCUT2D eigenvalue weighted by molar-refractivity contribution is 1.18. The standard InChI is InChI=1S/C6H4N/c1-6-4-2-3-5-7-6/h2H,1H3. The molecule has 0 saturated carbocycles. The van der Waals surface area contributed by atoms with E-state index in [-0.39, 0.29) is 0 Å². The lowest BCUT2D eigenvalue weighted by Crippen LogP contribution is -1.74. The summed E-state index contributed by atoms with van der Waals surface area (Å²) >= 11 is 0. The number of hydrogen-bond donors (Lipinski definition) is 0. The topological polar surface area (TPSA) is 12.9 Å². The molecule has 0 unspecified atom stereocenters. The van der Waals surface area contributed by atoms with E-state index in [9.17, 15) is 0 Å². The molecule has 0 aliphatic carbocycles. The minimum absolute atomic E-state index is 0.860. The largest absolute Gasteiger partial charge is 0.250 e. The summed E-state index contributed by atoms with van der Waals surface area (Å²) in [6, 6.07) is 7.14. The Morgan fingerprint density at radius 1 is 1.71 bits per heavy atom. The van der Waals surface area contributed by atoms with Gasteiger partial charge in [-0.25, -0.2) is 0 Å². The second-order valence-corrected chi connectivity index (χ2v) is 1.24. The summed E-state index contributed by atoms with van der Waals surface area (Å²) in [5, 5.41) is 0. The Hall–Kier alpha value is -0.850. The van der Waals surface area contributed by atoms with Gasteiger partial charge in [0.2, 0.25) is 0 Å². The fourth-order valence-electron chi connectivity index (χ4n) is 0.321. The van der Waals surface area contributed by atoms with E-state index in [0.29, 0.717) is 0 Å². The zero-order valence-corrected chi connectivity index (χ0v) is 4.02. The number of rotatable bonds is 0. The van der Waals surface area contributed by atoms with Crippen LogP contribution in [-0.2, 0) is 0 Å². The number of pyridine rings is 1. The zero-order valence-electron chi connectivity index (χ0n) is 4.02. The van der Waals surface area contributed by atoms with E-state index in [1.165, 1.54) is 0 Å². The molecule has 0 aromatic carbocycles. The van der Waals surface area contributed by atoms with Crippen molar-refractivity contribution in [3.05, 3.63) is 30.1 Å². The SMILES string of the molecule is Cc1[c]c[c][c]n1. The predicted molar refractivity (Wildman–Crippen MR) is 25.5 cm³/mol. The minimum Gasteiger partial charge on any atom is -0.250 e. The van der Waals surface area contributed by atoms with Crippen molar-refractivity contribution in [3.8, 4) is 0 Å². The maximum Gasteiger partial charge on any atom is 0.0975 e. The van der Waals surface area contributed by atoms with Crippen LogP contribution in [0.3, 0.4) is 0 Å². The van der Waals surface area contributed by atoms with Crippen molar-refractivity contribution in [2.24, 2.45) is 0 Å². The first-order valence-corrected chi connectivity index (χ1v) is 2.02. The number of nitrogens with zero attached hydrogens (tertiary/aromatic N) is 1. The van der Waals surface area contributed by atoms with Crippen molar-refractivity contribution in [2.45, 2.75) is 6.92 Å². The van der Waals surface area contributed by atoms with E-state index < -0.39 is 0 Å². The summed E-state index contributed by atoms with van der Waals surface area (Å²) in [6.07, 6.45) is 2.55. The molecule has 3 radical (unpaired) electrons. The average Bonchev–Trinajstić information content (AvgIpc) is 1.69. The number of hydrogen-bond acceptors (Lipinski definition) is 1. The second kappa shape index (κ2) is 1.73. The van der Waals surface area contributed by atoms with Crippen LogP contribution in [0.15, 0.2) is 6.07 Å². The summed E-state index contributed by atoms with van der Waals surface area (Å²) in [5.74, 6) is 0. The fraction of sp³-hybridized carbons (Fsp3) is 0.167. The van der Waals surface area contributed by atoms with Gasteiger partial charge >= 0.3 is 0 Å². The molecule has 0 bridgehead atoms. The molecule has 0 atom stereocenters. The molecular formula is C6H4N. The Bertz CT molecular complexity index is 134. The Balaban J connectivity index is 3.02. The first kappa shape index (κ1) is 4.31. The van der Waals surface area contributed by atoms with Crippen molar-refractivity contribution in [2.75, 3.05) is 0 Å². The summed E-state index contributed by atoms with van der Waals surface area (Å²) < 4.78 is 0. The molecule has 0 aliphatic rings. The first-order valence-electron chi connectivity index (χ1n) is 2.02. The summed E-state index contributed by atoms with van der Waals surface area (Å²) in [5.41, 5.74) is 0.860. The normalized spacial score (nSPS) is 8.71. The van der Waals surface area contributed by atoms with E-state index in [4.69, 9.17) is 0 Å². The minimum atomic E-state index is 0.860. The second-order valence-electron chi connectivity index (χ2n) is 1.24. The van der Waals surface area contributed by atoms with Gasteiger partial charge in [-0.15, -0.1) is 0 Å². The third kappa shape index (κ3) is 1.000. The number of aromatic nitrogens is 1. The maximum absolute atomic E-state index is 3.74. The molecule has 7 heavy (non-hydrogen) atoms. The van der Waals surface area contributed by atoms with Crippen LogP contribution in [0.4, 0.5) is 0 Å². The van der Waals surface area contributed by atoms with Gasteiger partial charge in [-0.3, -0.25) is 4.98 Å². The van der Waals surface area contributed by atoms with E-state index in [2.05, 4.69) is 23.3 Å². The molecule has 0 fully saturated rings. The van der Waals surface area contributed by atoms with Crippen LogP contribution < -0.4 is 0 Å². The highest BCUT2D eigenvalue weighted by Crippen LogP contribution is 1.83. The van der Waals surface area contributed by atoms with Crippen molar-refractivity contribution < 1.29 is 0 Å². The van der Waals surface area contributed by atoms with Crippen molar-refractivity contribution in [3.63, 3.8) is 0 Å². The molecule has 1 aromatic rings. The molecule has 1 aromatic heterocycles. The molecule has 1 nitrogen and oxygen atoms in total. The monoisotopic (exact) mass is 90.0 g/mol. The lowest BCUT2D eigenvalue weighted by Gasteiger charge is -1.79. The van der Waals surface area contributed by atoms with Crippen LogP contribution in [0.2, 0.25) is 0 Å². The maximum atomic E-state index is 3.74. The zero-order chi connectivity index (χ0) is 5.11. The van der Waals surface area contributed by atoms with Crippen molar-refractivity contribution >= 4 is 0 Å². The van der Waals surface area contributed by atoms with Crippen molar-refractivity contribution in [1.29, 1.82) is 0 Å². The van der Waals surface area contributed by atoms with E-state index in [1.807, 2.05) is 6.92 Å². The van der Waals surface area contributed by atoms with Gasteiger partial charge in [0.25, 0.3) is 0 Å². The summed E-state index contributed by atoms with van der Waals surface area (Å²) in [4.78, 5) is 3.74. The molecule has 0 aliphatic heterocycles. The van der Waals surface area contributed by atoms with Gasteiger partial charge in [-0.05, 0) is 13.0 Å². The highest BCUT2D eigenvalue weighted by atomic mass is 14.6. The van der Waals surface area contributed by atoms with Crippen LogP contribution in [0.25, 0.3) is 0 Å². The first-order chi connectivity index (χ1) is 3.39. The summed E-state index contributed by atoms with van der Waals surface area (Å²) in [7, 11) is 0. The Morgan fingerprint density at radius 2 is 2.57 bits per heavy atom. The molecule has 1 heteroatoms. The molecule has 0 N–H and O–H groups in total. The number of aryl methyl sites for hydroxylation is 1. The van der Waals surface area contributed by atoms with Crippen LogP contribution in [-0.4, -0.2) is 4.98 Å². The van der Waals surface area contributed by atoms with Gasteiger partial charge in [0.15, 0.2) is 0 Å². The predicted octanol–water partition coefficient (Wildman–Crippen LogP) is 0.791. The molecule has 33 valence electrons. The molecule has 0 amide bonds. The van der Waals surface area contributed by atoms with Crippen LogP contribution >= 0.6 is 0 Å². The molecule has 1 heterocycles. The third-order valence-electron chi connectivity index (χ3n) is 0.641. The summed E-state index contributed by atoms with van der Waals surface area (Å²) in [6.45, 7) is 1.87. The van der Waals surface area contributed by atoms with Gasteiger partial charge < -0.3 is 0 Å². The van der Waals surface area contributed by atoms with Gasteiger partial charge in [0, 0.05) is 17.8 Å². The average molecular weight is 90.1 g/mol. The molecule has 0 spiro atoms. The Labute approximate surface area is 43.0 Å². The molecule has 0 saturated heterocycles. The molecule has 1 rings (SSSR count).